The summed E-state index contributed by atoms with van der Waals surface area (Å²) >= 11 is 6.17. The van der Waals surface area contributed by atoms with Gasteiger partial charge in [-0.25, -0.2) is 4.79 Å². The topological polar surface area (TPSA) is 84.6 Å². The highest BCUT2D eigenvalue weighted by molar-refractivity contribution is 6.33. The molecule has 0 heterocycles. The first kappa shape index (κ1) is 17.8. The van der Waals surface area contributed by atoms with E-state index in [9.17, 15) is 9.90 Å². The van der Waals surface area contributed by atoms with Crippen LogP contribution >= 0.6 is 11.6 Å². The zero-order chi connectivity index (χ0) is 16.3. The molecular formula is C15H23ClN2O3. The molecule has 6 heteroatoms. The number of hydrogen-bond acceptors (Lipinski definition) is 4. The summed E-state index contributed by atoms with van der Waals surface area (Å²) < 4.78 is 5.17. The number of nitrogens with two attached hydrogens (primary N) is 1. The quantitative estimate of drug-likeness (QED) is 0.797. The third-order valence-corrected chi connectivity index (χ3v) is 3.41. The molecule has 0 saturated carbocycles. The Hall–Kier alpha value is -1.30. The highest BCUT2D eigenvalue weighted by atomic mass is 35.5. The van der Waals surface area contributed by atoms with Crippen LogP contribution in [0.4, 0.5) is 10.5 Å². The van der Waals surface area contributed by atoms with Crippen LogP contribution in [0.5, 0.6) is 0 Å². The van der Waals surface area contributed by atoms with Gasteiger partial charge in [0, 0.05) is 12.0 Å². The van der Waals surface area contributed by atoms with E-state index in [0.29, 0.717) is 17.3 Å². The van der Waals surface area contributed by atoms with Gasteiger partial charge in [-0.05, 0) is 38.5 Å². The first-order chi connectivity index (χ1) is 9.61. The smallest absolute Gasteiger partial charge is 0.412 e. The number of halogens is 1. The SMILES string of the molecule is CC(C)(C)OC(=O)Nc1ccc(C(C)(CN)CO)cc1Cl. The van der Waals surface area contributed by atoms with Gasteiger partial charge in [-0.1, -0.05) is 24.6 Å². The number of hydrogen-bond donors (Lipinski definition) is 3. The molecule has 4 N–H and O–H groups in total. The van der Waals surface area contributed by atoms with E-state index in [4.69, 9.17) is 22.1 Å². The van der Waals surface area contributed by atoms with Crippen molar-refractivity contribution >= 4 is 23.4 Å². The van der Waals surface area contributed by atoms with E-state index in [1.807, 2.05) is 6.92 Å². The standard InChI is InChI=1S/C15H23ClN2O3/c1-14(2,3)21-13(20)18-12-6-5-10(7-11(12)16)15(4,8-17)9-19/h5-7,19H,8-9,17H2,1-4H3,(H,18,20). The number of aliphatic hydroxyl groups is 1. The maximum absolute atomic E-state index is 11.7. The van der Waals surface area contributed by atoms with E-state index < -0.39 is 17.1 Å². The van der Waals surface area contributed by atoms with Gasteiger partial charge in [-0.3, -0.25) is 5.32 Å². The Labute approximate surface area is 130 Å². The molecule has 0 aliphatic rings. The minimum atomic E-state index is -0.578. The van der Waals surface area contributed by atoms with E-state index in [-0.39, 0.29) is 6.61 Å². The molecule has 0 radical (unpaired) electrons. The van der Waals surface area contributed by atoms with Crippen LogP contribution in [0, 0.1) is 0 Å². The second kappa shape index (κ2) is 6.64. The maximum Gasteiger partial charge on any atom is 0.412 e. The monoisotopic (exact) mass is 314 g/mol. The zero-order valence-corrected chi connectivity index (χ0v) is 13.6. The van der Waals surface area contributed by atoms with Crippen LogP contribution in [-0.4, -0.2) is 30.0 Å². The number of benzene rings is 1. The first-order valence-corrected chi connectivity index (χ1v) is 7.10. The normalized spacial score (nSPS) is 14.4. The summed E-state index contributed by atoms with van der Waals surface area (Å²) in [6, 6.07) is 5.14. The van der Waals surface area contributed by atoms with Crippen LogP contribution in [0.2, 0.25) is 5.02 Å². The lowest BCUT2D eigenvalue weighted by Gasteiger charge is -2.26. The van der Waals surface area contributed by atoms with Gasteiger partial charge in [-0.15, -0.1) is 0 Å². The number of rotatable bonds is 4. The molecule has 0 aromatic heterocycles. The van der Waals surface area contributed by atoms with Crippen LogP contribution in [0.25, 0.3) is 0 Å². The van der Waals surface area contributed by atoms with Crippen molar-refractivity contribution in [2.24, 2.45) is 5.73 Å². The third-order valence-electron chi connectivity index (χ3n) is 3.10. The molecule has 5 nitrogen and oxygen atoms in total. The van der Waals surface area contributed by atoms with E-state index in [2.05, 4.69) is 5.32 Å². The van der Waals surface area contributed by atoms with Crippen LogP contribution in [0.3, 0.4) is 0 Å². The highest BCUT2D eigenvalue weighted by Crippen LogP contribution is 2.30. The van der Waals surface area contributed by atoms with Gasteiger partial charge in [0.25, 0.3) is 0 Å². The fraction of sp³-hybridized carbons (Fsp3) is 0.533. The van der Waals surface area contributed by atoms with Gasteiger partial charge in [0.1, 0.15) is 5.60 Å². The molecule has 0 bridgehead atoms. The molecule has 0 fully saturated rings. The van der Waals surface area contributed by atoms with Gasteiger partial charge in [0.15, 0.2) is 0 Å². The number of nitrogens with one attached hydrogen (secondary N) is 1. The lowest BCUT2D eigenvalue weighted by atomic mass is 9.83. The van der Waals surface area contributed by atoms with Crippen molar-refractivity contribution in [2.75, 3.05) is 18.5 Å². The minimum Gasteiger partial charge on any atom is -0.444 e. The molecule has 118 valence electrons. The summed E-state index contributed by atoms with van der Waals surface area (Å²) in [5, 5.41) is 12.4. The van der Waals surface area contributed by atoms with Crippen molar-refractivity contribution in [1.82, 2.24) is 0 Å². The molecule has 1 aromatic carbocycles. The maximum atomic E-state index is 11.7. The van der Waals surface area contributed by atoms with Crippen LogP contribution < -0.4 is 11.1 Å². The molecule has 0 saturated heterocycles. The lowest BCUT2D eigenvalue weighted by molar-refractivity contribution is 0.0636. The van der Waals surface area contributed by atoms with Crippen LogP contribution in [-0.2, 0) is 10.2 Å². The molecule has 0 aliphatic carbocycles. The molecular weight excluding hydrogens is 292 g/mol. The summed E-state index contributed by atoms with van der Waals surface area (Å²) in [6.45, 7) is 7.40. The second-order valence-corrected chi connectivity index (χ2v) is 6.65. The average Bonchev–Trinajstić information content (AvgIpc) is 2.38. The van der Waals surface area contributed by atoms with Crippen molar-refractivity contribution in [1.29, 1.82) is 0 Å². The summed E-state index contributed by atoms with van der Waals surface area (Å²) in [6.07, 6.45) is -0.569. The van der Waals surface area contributed by atoms with Crippen molar-refractivity contribution in [3.63, 3.8) is 0 Å². The fourth-order valence-corrected chi connectivity index (χ4v) is 1.91. The molecule has 1 rings (SSSR count). The van der Waals surface area contributed by atoms with Gasteiger partial charge in [-0.2, -0.15) is 0 Å². The number of ether oxygens (including phenoxy) is 1. The minimum absolute atomic E-state index is 0.0847. The largest absolute Gasteiger partial charge is 0.444 e. The van der Waals surface area contributed by atoms with E-state index >= 15 is 0 Å². The average molecular weight is 315 g/mol. The Morgan fingerprint density at radius 1 is 1.38 bits per heavy atom. The van der Waals surface area contributed by atoms with E-state index in [1.165, 1.54) is 0 Å². The predicted molar refractivity (Wildman–Crippen MR) is 84.8 cm³/mol. The summed E-state index contributed by atoms with van der Waals surface area (Å²) in [5.74, 6) is 0. The molecule has 0 spiro atoms. The second-order valence-electron chi connectivity index (χ2n) is 6.24. The highest BCUT2D eigenvalue weighted by Gasteiger charge is 2.25. The Balaban J connectivity index is 2.91. The van der Waals surface area contributed by atoms with Crippen molar-refractivity contribution in [3.8, 4) is 0 Å². The summed E-state index contributed by atoms with van der Waals surface area (Å²) in [4.78, 5) is 11.7. The Kier molecular flexibility index (Phi) is 5.61. The van der Waals surface area contributed by atoms with Gasteiger partial charge >= 0.3 is 6.09 Å². The molecule has 1 aromatic rings. The lowest BCUT2D eigenvalue weighted by Crippen LogP contribution is -2.35. The first-order valence-electron chi connectivity index (χ1n) is 6.72. The summed E-state index contributed by atoms with van der Waals surface area (Å²) in [5.41, 5.74) is 5.82. The number of anilines is 1. The third kappa shape index (κ3) is 4.88. The molecule has 1 unspecified atom stereocenters. The van der Waals surface area contributed by atoms with E-state index in [1.54, 1.807) is 39.0 Å². The Morgan fingerprint density at radius 3 is 2.43 bits per heavy atom. The number of amides is 1. The fourth-order valence-electron chi connectivity index (χ4n) is 1.68. The van der Waals surface area contributed by atoms with Crippen molar-refractivity contribution in [2.45, 2.75) is 38.7 Å². The Morgan fingerprint density at radius 2 is 2.00 bits per heavy atom. The van der Waals surface area contributed by atoms with E-state index in [0.717, 1.165) is 5.56 Å². The molecule has 1 atom stereocenters. The van der Waals surface area contributed by atoms with Crippen molar-refractivity contribution in [3.05, 3.63) is 28.8 Å². The van der Waals surface area contributed by atoms with Gasteiger partial charge < -0.3 is 15.6 Å². The molecule has 0 aliphatic heterocycles. The van der Waals surface area contributed by atoms with Gasteiger partial charge in [0.2, 0.25) is 0 Å². The summed E-state index contributed by atoms with van der Waals surface area (Å²) in [7, 11) is 0. The molecule has 1 amide bonds. The predicted octanol–water partition coefficient (Wildman–Crippen LogP) is 2.90. The number of carbonyl (C=O) groups excluding carboxylic acids is 1. The Bertz CT molecular complexity index is 508. The van der Waals surface area contributed by atoms with Crippen LogP contribution in [0.15, 0.2) is 18.2 Å². The van der Waals surface area contributed by atoms with Crippen LogP contribution in [0.1, 0.15) is 33.3 Å². The van der Waals surface area contributed by atoms with Gasteiger partial charge in [0.05, 0.1) is 17.3 Å². The number of aliphatic hydroxyl groups excluding tert-OH is 1. The van der Waals surface area contributed by atoms with Crippen molar-refractivity contribution < 1.29 is 14.6 Å². The molecule has 21 heavy (non-hydrogen) atoms. The zero-order valence-electron chi connectivity index (χ0n) is 12.9. The number of carbonyl (C=O) groups is 1.